The zero-order valence-electron chi connectivity index (χ0n) is 28.9. The third kappa shape index (κ3) is 7.75. The lowest BCUT2D eigenvalue weighted by Gasteiger charge is -2.36. The molecule has 1 aromatic heterocycles. The van der Waals surface area contributed by atoms with Crippen LogP contribution in [0.5, 0.6) is 0 Å². The number of amides is 5. The molecular weight excluding hydrogens is 652 g/mol. The molecule has 268 valence electrons. The Labute approximate surface area is 296 Å². The van der Waals surface area contributed by atoms with E-state index in [2.05, 4.69) is 42.0 Å². The average molecular weight is 697 g/mol. The summed E-state index contributed by atoms with van der Waals surface area (Å²) in [5.41, 5.74) is 5.16. The fourth-order valence-electron chi connectivity index (χ4n) is 7.49. The van der Waals surface area contributed by atoms with Crippen LogP contribution in [-0.2, 0) is 27.4 Å². The molecule has 3 aromatic rings. The summed E-state index contributed by atoms with van der Waals surface area (Å²) in [4.78, 5) is 68.3. The molecule has 1 unspecified atom stereocenters. The number of piperazine rings is 1. The van der Waals surface area contributed by atoms with Crippen LogP contribution in [-0.4, -0.2) is 94.1 Å². The number of nitrogens with zero attached hydrogens (tertiary/aromatic N) is 4. The number of piperidine rings is 1. The molecule has 2 aromatic carbocycles. The molecule has 2 saturated heterocycles. The number of hydrogen-bond acceptors (Lipinski definition) is 9. The number of benzene rings is 2. The molecule has 5 amide bonds. The van der Waals surface area contributed by atoms with Gasteiger partial charge in [0.2, 0.25) is 11.8 Å². The van der Waals surface area contributed by atoms with Crippen LogP contribution in [0.25, 0.3) is 0 Å². The highest BCUT2D eigenvalue weighted by atomic mass is 16.6. The van der Waals surface area contributed by atoms with Gasteiger partial charge in [-0.25, -0.2) is 4.79 Å². The summed E-state index contributed by atoms with van der Waals surface area (Å²) < 4.78 is 5.54. The van der Waals surface area contributed by atoms with Crippen LogP contribution in [0.4, 0.5) is 16.3 Å². The smallest absolute Gasteiger partial charge is 0.407 e. The topological polar surface area (TPSA) is 169 Å². The summed E-state index contributed by atoms with van der Waals surface area (Å²) in [6.07, 6.45) is 2.41. The highest BCUT2D eigenvalue weighted by Gasteiger charge is 2.39. The second-order valence-electron chi connectivity index (χ2n) is 14.2. The molecule has 3 fully saturated rings. The number of H-pyrrole nitrogens is 1. The number of hydrogen-bond donors (Lipinski definition) is 4. The van der Waals surface area contributed by atoms with E-state index in [9.17, 15) is 24.0 Å². The van der Waals surface area contributed by atoms with E-state index in [0.717, 1.165) is 68.1 Å². The van der Waals surface area contributed by atoms with E-state index in [1.165, 1.54) is 0 Å². The Balaban J connectivity index is 0.866. The molecule has 3 aliphatic heterocycles. The second kappa shape index (κ2) is 14.5. The van der Waals surface area contributed by atoms with Crippen molar-refractivity contribution < 1.29 is 28.7 Å². The van der Waals surface area contributed by atoms with E-state index in [1.807, 2.05) is 56.3 Å². The van der Waals surface area contributed by atoms with Crippen molar-refractivity contribution in [2.75, 3.05) is 36.4 Å². The largest absolute Gasteiger partial charge is 0.446 e. The van der Waals surface area contributed by atoms with Gasteiger partial charge in [-0.15, -0.1) is 0 Å². The number of ether oxygens (including phenoxy) is 1. The van der Waals surface area contributed by atoms with Crippen LogP contribution >= 0.6 is 0 Å². The normalized spacial score (nSPS) is 22.3. The summed E-state index contributed by atoms with van der Waals surface area (Å²) in [7, 11) is 0. The lowest BCUT2D eigenvalue weighted by Crippen LogP contribution is -2.52. The molecule has 7 rings (SSSR count). The fraction of sp³-hybridized carbons (Fsp3) is 0.459. The molecule has 51 heavy (non-hydrogen) atoms. The maximum absolute atomic E-state index is 13.1. The standard InChI is InChI=1S/C37H44N8O6/c1-22(2)38-37(50)51-28-9-7-25(18-28)30-19-32(42-41-30)39-34(47)24-5-3-23(4-6-24)20-43-13-15-44(16-14-43)27-8-10-29-26(17-27)21-45(36(29)49)31-11-12-33(46)40-35(31)48/h3-6,8,10,17,19,22,25,28,31H,7,9,11-16,18,20-21H2,1-2H3,(H,38,50)(H,40,46,48)(H2,39,41,42,47)/t25-,28+,31?/m0/s1. The van der Waals surface area contributed by atoms with Gasteiger partial charge in [0.15, 0.2) is 5.82 Å². The SMILES string of the molecule is CC(C)NC(=O)O[C@@H]1CC[C@H](c2cc(NC(=O)c3ccc(CN4CCN(c5ccc6c(c5)CN(C5CCC(=O)NC5=O)C6=O)CC4)cc3)n[nH]2)C1. The third-order valence-corrected chi connectivity index (χ3v) is 10.2. The summed E-state index contributed by atoms with van der Waals surface area (Å²) in [6, 6.07) is 14.8. The highest BCUT2D eigenvalue weighted by Crippen LogP contribution is 2.36. The van der Waals surface area contributed by atoms with Gasteiger partial charge in [0.1, 0.15) is 12.1 Å². The molecule has 14 heteroatoms. The number of aromatic nitrogens is 2. The highest BCUT2D eigenvalue weighted by molar-refractivity contribution is 6.05. The fourth-order valence-corrected chi connectivity index (χ4v) is 7.49. The van der Waals surface area contributed by atoms with Crippen LogP contribution in [0, 0.1) is 0 Å². The molecule has 1 aliphatic carbocycles. The quantitative estimate of drug-likeness (QED) is 0.245. The van der Waals surface area contributed by atoms with Gasteiger partial charge >= 0.3 is 6.09 Å². The van der Waals surface area contributed by atoms with Gasteiger partial charge in [0, 0.05) is 86.2 Å². The Kier molecular flexibility index (Phi) is 9.76. The molecule has 14 nitrogen and oxygen atoms in total. The monoisotopic (exact) mass is 696 g/mol. The van der Waals surface area contributed by atoms with Gasteiger partial charge in [0.25, 0.3) is 11.8 Å². The lowest BCUT2D eigenvalue weighted by atomic mass is 10.0. The van der Waals surface area contributed by atoms with Gasteiger partial charge in [-0.3, -0.25) is 34.5 Å². The first-order valence-corrected chi connectivity index (χ1v) is 17.8. The number of rotatable bonds is 9. The van der Waals surface area contributed by atoms with Crippen LogP contribution in [0.15, 0.2) is 48.5 Å². The number of carbonyl (C=O) groups is 5. The Morgan fingerprint density at radius 1 is 0.980 bits per heavy atom. The molecule has 1 saturated carbocycles. The zero-order valence-corrected chi connectivity index (χ0v) is 28.9. The number of nitrogens with one attached hydrogen (secondary N) is 4. The van der Waals surface area contributed by atoms with E-state index >= 15 is 0 Å². The minimum absolute atomic E-state index is 0.0236. The number of imide groups is 1. The van der Waals surface area contributed by atoms with Crippen molar-refractivity contribution in [2.24, 2.45) is 0 Å². The van der Waals surface area contributed by atoms with Crippen LogP contribution in [0.3, 0.4) is 0 Å². The number of alkyl carbamates (subject to hydrolysis) is 1. The maximum atomic E-state index is 13.1. The predicted molar refractivity (Wildman–Crippen MR) is 188 cm³/mol. The second-order valence-corrected chi connectivity index (χ2v) is 14.2. The van der Waals surface area contributed by atoms with E-state index in [4.69, 9.17) is 4.74 Å². The first kappa shape index (κ1) is 34.2. The lowest BCUT2D eigenvalue weighted by molar-refractivity contribution is -0.136. The van der Waals surface area contributed by atoms with Crippen LogP contribution in [0.2, 0.25) is 0 Å². The van der Waals surface area contributed by atoms with Gasteiger partial charge < -0.3 is 25.2 Å². The third-order valence-electron chi connectivity index (χ3n) is 10.2. The first-order chi connectivity index (χ1) is 24.6. The Hall–Kier alpha value is -5.24. The summed E-state index contributed by atoms with van der Waals surface area (Å²) in [5.74, 6) is -0.453. The van der Waals surface area contributed by atoms with Crippen molar-refractivity contribution in [1.82, 2.24) is 30.6 Å². The minimum atomic E-state index is -0.619. The Bertz CT molecular complexity index is 1820. The van der Waals surface area contributed by atoms with E-state index in [1.54, 1.807) is 4.90 Å². The van der Waals surface area contributed by atoms with E-state index in [-0.39, 0.29) is 42.2 Å². The molecule has 3 atom stereocenters. The molecule has 0 spiro atoms. The van der Waals surface area contributed by atoms with Gasteiger partial charge in [-0.1, -0.05) is 12.1 Å². The van der Waals surface area contributed by atoms with Crippen molar-refractivity contribution in [3.63, 3.8) is 0 Å². The molecular formula is C37H44N8O6. The average Bonchev–Trinajstić information content (AvgIpc) is 3.84. The van der Waals surface area contributed by atoms with Crippen LogP contribution < -0.4 is 20.9 Å². The van der Waals surface area contributed by atoms with Crippen LogP contribution in [0.1, 0.15) is 89.4 Å². The van der Waals surface area contributed by atoms with Gasteiger partial charge in [-0.2, -0.15) is 5.10 Å². The number of anilines is 2. The van der Waals surface area contributed by atoms with Crippen molar-refractivity contribution in [1.29, 1.82) is 0 Å². The van der Waals surface area contributed by atoms with Gasteiger partial charge in [0.05, 0.1) is 0 Å². The Morgan fingerprint density at radius 3 is 2.51 bits per heavy atom. The minimum Gasteiger partial charge on any atom is -0.446 e. The van der Waals surface area contributed by atoms with E-state index < -0.39 is 18.0 Å². The summed E-state index contributed by atoms with van der Waals surface area (Å²) >= 11 is 0. The number of carbonyl (C=O) groups excluding carboxylic acids is 5. The van der Waals surface area contributed by atoms with Crippen molar-refractivity contribution in [3.05, 3.63) is 76.5 Å². The summed E-state index contributed by atoms with van der Waals surface area (Å²) in [6.45, 7) is 8.30. The van der Waals surface area contributed by atoms with Crippen molar-refractivity contribution in [2.45, 2.75) is 83.1 Å². The summed E-state index contributed by atoms with van der Waals surface area (Å²) in [5, 5.41) is 15.3. The number of fused-ring (bicyclic) bond motifs is 1. The number of aromatic amines is 1. The van der Waals surface area contributed by atoms with Crippen molar-refractivity contribution in [3.8, 4) is 0 Å². The zero-order chi connectivity index (χ0) is 35.6. The van der Waals surface area contributed by atoms with E-state index in [0.29, 0.717) is 36.3 Å². The molecule has 4 aliphatic rings. The molecule has 4 N–H and O–H groups in total. The Morgan fingerprint density at radius 2 is 1.76 bits per heavy atom. The first-order valence-electron chi connectivity index (χ1n) is 17.8. The maximum Gasteiger partial charge on any atom is 0.407 e. The van der Waals surface area contributed by atoms with Crippen molar-refractivity contribution >= 4 is 41.2 Å². The predicted octanol–water partition coefficient (Wildman–Crippen LogP) is 3.52. The van der Waals surface area contributed by atoms with Gasteiger partial charge in [-0.05, 0) is 81.0 Å². The molecule has 0 radical (unpaired) electrons. The molecule has 4 heterocycles. The molecule has 0 bridgehead atoms.